The van der Waals surface area contributed by atoms with Crippen LogP contribution in [0.15, 0.2) is 48.5 Å². The van der Waals surface area contributed by atoms with Crippen molar-refractivity contribution in [1.82, 2.24) is 9.80 Å². The summed E-state index contributed by atoms with van der Waals surface area (Å²) in [6, 6.07) is 13.2. The molecule has 4 atom stereocenters. The van der Waals surface area contributed by atoms with Crippen LogP contribution in [0.1, 0.15) is 30.9 Å². The second-order valence-corrected chi connectivity index (χ2v) is 9.87. The van der Waals surface area contributed by atoms with Gasteiger partial charge in [0, 0.05) is 63.7 Å². The predicted molar refractivity (Wildman–Crippen MR) is 126 cm³/mol. The van der Waals surface area contributed by atoms with E-state index in [-0.39, 0.29) is 23.7 Å². The number of carbonyl (C=O) groups excluding carboxylic acids is 1. The number of hydrogen-bond acceptors (Lipinski definition) is 4. The van der Waals surface area contributed by atoms with Crippen molar-refractivity contribution < 1.29 is 23.4 Å². The molecule has 2 aliphatic rings. The van der Waals surface area contributed by atoms with Gasteiger partial charge in [-0.3, -0.25) is 9.69 Å². The van der Waals surface area contributed by atoms with Gasteiger partial charge >= 0.3 is 0 Å². The molecule has 2 aromatic carbocycles. The highest BCUT2D eigenvalue weighted by atomic mass is 19.1. The van der Waals surface area contributed by atoms with Crippen molar-refractivity contribution in [3.63, 3.8) is 0 Å². The molecule has 1 N–H and O–H groups in total. The topological polar surface area (TPSA) is 53.0 Å². The minimum Gasteiger partial charge on any atom is -0.384 e. The van der Waals surface area contributed by atoms with E-state index in [0.717, 1.165) is 11.6 Å². The summed E-state index contributed by atoms with van der Waals surface area (Å²) in [5, 5.41) is 11.6. The fraction of sp³-hybridized carbons (Fsp3) is 0.519. The number of rotatable bonds is 6. The number of hydrogen-bond donors (Lipinski definition) is 1. The number of ether oxygens (including phenoxy) is 1. The van der Waals surface area contributed by atoms with Crippen molar-refractivity contribution in [2.45, 2.75) is 25.4 Å². The summed E-state index contributed by atoms with van der Waals surface area (Å²) >= 11 is 0. The first kappa shape index (κ1) is 24.8. The summed E-state index contributed by atoms with van der Waals surface area (Å²) in [4.78, 5) is 17.7. The Bertz CT molecular complexity index is 991. The Labute approximate surface area is 200 Å². The number of methoxy groups -OCH3 is 1. The van der Waals surface area contributed by atoms with Crippen molar-refractivity contribution in [3.05, 3.63) is 71.3 Å². The SMILES string of the molecule is COCCN1C[C@@H](C(=O)N2CC(C)C(O)(c3ccccc3)C(C)C2)[C@H](c2ccc(F)cc2F)C1. The summed E-state index contributed by atoms with van der Waals surface area (Å²) in [6.07, 6.45) is 0. The third kappa shape index (κ3) is 4.61. The molecule has 4 rings (SSSR count). The fourth-order valence-corrected chi connectivity index (χ4v) is 5.84. The lowest BCUT2D eigenvalue weighted by atomic mass is 9.70. The highest BCUT2D eigenvalue weighted by Crippen LogP contribution is 2.43. The van der Waals surface area contributed by atoms with E-state index in [4.69, 9.17) is 4.74 Å². The van der Waals surface area contributed by atoms with Crippen LogP contribution in [-0.4, -0.2) is 67.3 Å². The smallest absolute Gasteiger partial charge is 0.227 e. The van der Waals surface area contributed by atoms with Crippen LogP contribution >= 0.6 is 0 Å². The van der Waals surface area contributed by atoms with Crippen LogP contribution in [0.5, 0.6) is 0 Å². The lowest BCUT2D eigenvalue weighted by molar-refractivity contribution is -0.152. The molecule has 0 saturated carbocycles. The molecule has 34 heavy (non-hydrogen) atoms. The summed E-state index contributed by atoms with van der Waals surface area (Å²) in [7, 11) is 1.63. The Morgan fingerprint density at radius 1 is 1.06 bits per heavy atom. The molecule has 2 aliphatic heterocycles. The average Bonchev–Trinajstić information content (AvgIpc) is 3.24. The summed E-state index contributed by atoms with van der Waals surface area (Å²) in [5.41, 5.74) is 0.208. The molecule has 5 nitrogen and oxygen atoms in total. The molecular formula is C27H34F2N2O3. The van der Waals surface area contributed by atoms with Gasteiger partial charge in [0.1, 0.15) is 11.6 Å². The number of aliphatic hydroxyl groups is 1. The van der Waals surface area contributed by atoms with E-state index < -0.39 is 23.2 Å². The standard InChI is InChI=1S/C27H34F2N2O3/c1-18-14-31(15-19(2)27(18,33)20-7-5-4-6-8-20)26(32)24-17-30(11-12-34-3)16-23(24)22-10-9-21(28)13-25(22)29/h4-10,13,18-19,23-24,33H,11-12,14-17H2,1-3H3/t18?,19?,23-,24+,27?/m0/s1. The fourth-order valence-electron chi connectivity index (χ4n) is 5.84. The molecule has 184 valence electrons. The van der Waals surface area contributed by atoms with E-state index in [1.54, 1.807) is 7.11 Å². The minimum absolute atomic E-state index is 0.0394. The molecule has 2 saturated heterocycles. The van der Waals surface area contributed by atoms with Gasteiger partial charge in [0.15, 0.2) is 0 Å². The van der Waals surface area contributed by atoms with Gasteiger partial charge in [-0.05, 0) is 17.2 Å². The van der Waals surface area contributed by atoms with Crippen LogP contribution in [0.2, 0.25) is 0 Å². The van der Waals surface area contributed by atoms with E-state index in [2.05, 4.69) is 4.90 Å². The first-order chi connectivity index (χ1) is 16.3. The van der Waals surface area contributed by atoms with Crippen LogP contribution in [0.25, 0.3) is 0 Å². The lowest BCUT2D eigenvalue weighted by Gasteiger charge is -2.48. The number of benzene rings is 2. The van der Waals surface area contributed by atoms with Gasteiger partial charge in [-0.1, -0.05) is 50.2 Å². The number of carbonyl (C=O) groups is 1. The molecular weight excluding hydrogens is 438 g/mol. The second-order valence-electron chi connectivity index (χ2n) is 9.87. The van der Waals surface area contributed by atoms with Crippen molar-refractivity contribution >= 4 is 5.91 Å². The minimum atomic E-state index is -1.03. The predicted octanol–water partition coefficient (Wildman–Crippen LogP) is 3.63. The van der Waals surface area contributed by atoms with Crippen LogP contribution in [0, 0.1) is 29.4 Å². The molecule has 0 radical (unpaired) electrons. The molecule has 2 unspecified atom stereocenters. The Kier molecular flexibility index (Phi) is 7.36. The Morgan fingerprint density at radius 3 is 2.35 bits per heavy atom. The molecule has 1 amide bonds. The first-order valence-corrected chi connectivity index (χ1v) is 12.0. The molecule has 0 spiro atoms. The maximum absolute atomic E-state index is 14.7. The third-order valence-electron chi connectivity index (χ3n) is 7.73. The van der Waals surface area contributed by atoms with E-state index >= 15 is 0 Å². The summed E-state index contributed by atoms with van der Waals surface area (Å²) in [6.45, 7) is 6.94. The zero-order valence-corrected chi connectivity index (χ0v) is 20.1. The van der Waals surface area contributed by atoms with Gasteiger partial charge in [0.05, 0.1) is 18.1 Å². The normalized spacial score (nSPS) is 30.0. The highest BCUT2D eigenvalue weighted by Gasteiger charge is 2.49. The number of likely N-dealkylation sites (tertiary alicyclic amines) is 2. The molecule has 7 heteroatoms. The van der Waals surface area contributed by atoms with Gasteiger partial charge in [0.25, 0.3) is 0 Å². The quantitative estimate of drug-likeness (QED) is 0.698. The van der Waals surface area contributed by atoms with Crippen molar-refractivity contribution in [2.75, 3.05) is 46.4 Å². The van der Waals surface area contributed by atoms with Gasteiger partial charge in [0.2, 0.25) is 5.91 Å². The molecule has 0 bridgehead atoms. The highest BCUT2D eigenvalue weighted by molar-refractivity contribution is 5.81. The number of nitrogens with zero attached hydrogens (tertiary/aromatic N) is 2. The summed E-state index contributed by atoms with van der Waals surface area (Å²) in [5.74, 6) is -2.44. The molecule has 2 heterocycles. The largest absolute Gasteiger partial charge is 0.384 e. The monoisotopic (exact) mass is 472 g/mol. The Balaban J connectivity index is 1.57. The van der Waals surface area contributed by atoms with Gasteiger partial charge in [-0.2, -0.15) is 0 Å². The Morgan fingerprint density at radius 2 is 1.74 bits per heavy atom. The van der Waals surface area contributed by atoms with Gasteiger partial charge in [-0.25, -0.2) is 8.78 Å². The van der Waals surface area contributed by atoms with Crippen molar-refractivity contribution in [3.8, 4) is 0 Å². The maximum atomic E-state index is 14.7. The lowest BCUT2D eigenvalue weighted by Crippen LogP contribution is -2.57. The third-order valence-corrected chi connectivity index (χ3v) is 7.73. The van der Waals surface area contributed by atoms with Crippen LogP contribution < -0.4 is 0 Å². The first-order valence-electron chi connectivity index (χ1n) is 12.0. The van der Waals surface area contributed by atoms with Crippen molar-refractivity contribution in [2.24, 2.45) is 17.8 Å². The molecule has 0 aliphatic carbocycles. The molecule has 2 aromatic rings. The van der Waals surface area contributed by atoms with E-state index in [1.807, 2.05) is 49.1 Å². The zero-order valence-electron chi connectivity index (χ0n) is 20.1. The number of amides is 1. The molecule has 2 fully saturated rings. The summed E-state index contributed by atoms with van der Waals surface area (Å²) < 4.78 is 33.5. The average molecular weight is 473 g/mol. The van der Waals surface area contributed by atoms with Gasteiger partial charge in [-0.15, -0.1) is 0 Å². The second kappa shape index (κ2) is 10.1. The molecule has 0 aromatic heterocycles. The van der Waals surface area contributed by atoms with E-state index in [9.17, 15) is 18.7 Å². The van der Waals surface area contributed by atoms with E-state index in [1.165, 1.54) is 12.1 Å². The van der Waals surface area contributed by atoms with Gasteiger partial charge < -0.3 is 14.7 Å². The zero-order chi connectivity index (χ0) is 24.5. The van der Waals surface area contributed by atoms with Crippen LogP contribution in [-0.2, 0) is 15.1 Å². The number of piperidine rings is 1. The Hall–Kier alpha value is -2.35. The maximum Gasteiger partial charge on any atom is 0.227 e. The van der Waals surface area contributed by atoms with Crippen molar-refractivity contribution in [1.29, 1.82) is 0 Å². The number of halogens is 2. The van der Waals surface area contributed by atoms with E-state index in [0.29, 0.717) is 44.9 Å². The van der Waals surface area contributed by atoms with Crippen LogP contribution in [0.3, 0.4) is 0 Å². The van der Waals surface area contributed by atoms with Crippen LogP contribution in [0.4, 0.5) is 8.78 Å².